The van der Waals surface area contributed by atoms with Gasteiger partial charge in [0, 0.05) is 42.3 Å². The number of carboxylic acid groups (broad SMARTS) is 1. The van der Waals surface area contributed by atoms with Crippen LogP contribution < -0.4 is 0 Å². The Morgan fingerprint density at radius 2 is 2.12 bits per heavy atom. The van der Waals surface area contributed by atoms with E-state index in [9.17, 15) is 19.5 Å². The smallest absolute Gasteiger partial charge is 0.308 e. The van der Waals surface area contributed by atoms with Gasteiger partial charge in [0.15, 0.2) is 5.78 Å². The van der Waals surface area contributed by atoms with E-state index < -0.39 is 17.8 Å². The summed E-state index contributed by atoms with van der Waals surface area (Å²) in [5.74, 6) is -1.85. The number of amides is 1. The SMILES string of the molecule is CS[C@H]1C(C(=O)c2ccncc2)=C(CC(=O)O)C(=O)N1C[C@H]1CCCO1. The lowest BCUT2D eigenvalue weighted by Crippen LogP contribution is -2.40. The molecule has 138 valence electrons. The maximum Gasteiger partial charge on any atom is 0.308 e. The standard InChI is InChI=1S/C18H20N2O5S/c1-26-18-15(16(23)11-4-6-19-7-5-11)13(9-14(21)22)17(24)20(18)10-12-3-2-8-25-12/h4-7,12,18H,2-3,8-10H2,1H3,(H,21,22)/t12-,18+/m1/s1. The molecule has 1 saturated heterocycles. The average molecular weight is 376 g/mol. The van der Waals surface area contributed by atoms with Gasteiger partial charge in [-0.25, -0.2) is 0 Å². The molecule has 1 aromatic rings. The van der Waals surface area contributed by atoms with Crippen LogP contribution in [0.25, 0.3) is 0 Å². The van der Waals surface area contributed by atoms with Gasteiger partial charge in [-0.1, -0.05) is 0 Å². The fraction of sp³-hybridized carbons (Fsp3) is 0.444. The molecule has 2 aliphatic heterocycles. The molecule has 7 nitrogen and oxygen atoms in total. The number of ether oxygens (including phenoxy) is 1. The van der Waals surface area contributed by atoms with Crippen LogP contribution in [0.2, 0.25) is 0 Å². The topological polar surface area (TPSA) is 96.8 Å². The number of carbonyl (C=O) groups is 3. The highest BCUT2D eigenvalue weighted by Crippen LogP contribution is 2.36. The molecule has 2 aliphatic rings. The van der Waals surface area contributed by atoms with Gasteiger partial charge in [0.2, 0.25) is 0 Å². The first-order valence-electron chi connectivity index (χ1n) is 8.38. The Hall–Kier alpha value is -2.19. The Morgan fingerprint density at radius 3 is 2.69 bits per heavy atom. The molecular weight excluding hydrogens is 356 g/mol. The normalized spacial score (nSPS) is 23.0. The van der Waals surface area contributed by atoms with Gasteiger partial charge in [0.05, 0.1) is 12.5 Å². The van der Waals surface area contributed by atoms with Crippen LogP contribution in [-0.4, -0.2) is 63.5 Å². The largest absolute Gasteiger partial charge is 0.481 e. The second-order valence-corrected chi connectivity index (χ2v) is 7.13. The summed E-state index contributed by atoms with van der Waals surface area (Å²) >= 11 is 1.35. The molecule has 0 aliphatic carbocycles. The molecule has 1 amide bonds. The van der Waals surface area contributed by atoms with Crippen LogP contribution in [-0.2, 0) is 14.3 Å². The van der Waals surface area contributed by atoms with Crippen LogP contribution in [0.5, 0.6) is 0 Å². The third-order valence-electron chi connectivity index (χ3n) is 4.54. The summed E-state index contributed by atoms with van der Waals surface area (Å²) in [6.45, 7) is 1.02. The molecule has 0 unspecified atom stereocenters. The summed E-state index contributed by atoms with van der Waals surface area (Å²) in [6, 6.07) is 3.14. The highest BCUT2D eigenvalue weighted by Gasteiger charge is 2.43. The third-order valence-corrected chi connectivity index (χ3v) is 5.47. The number of ketones is 1. The van der Waals surface area contributed by atoms with Gasteiger partial charge < -0.3 is 14.7 Å². The molecule has 1 fully saturated rings. The predicted octanol–water partition coefficient (Wildman–Crippen LogP) is 1.75. The summed E-state index contributed by atoms with van der Waals surface area (Å²) in [4.78, 5) is 42.7. The number of hydrogen-bond acceptors (Lipinski definition) is 6. The highest BCUT2D eigenvalue weighted by molar-refractivity contribution is 7.99. The number of carbonyl (C=O) groups excluding carboxylic acids is 2. The van der Waals surface area contributed by atoms with Crippen LogP contribution >= 0.6 is 11.8 Å². The van der Waals surface area contributed by atoms with Gasteiger partial charge in [0.25, 0.3) is 5.91 Å². The van der Waals surface area contributed by atoms with Crippen LogP contribution in [0.1, 0.15) is 29.6 Å². The van der Waals surface area contributed by atoms with Gasteiger partial charge >= 0.3 is 5.97 Å². The number of hydrogen-bond donors (Lipinski definition) is 1. The lowest BCUT2D eigenvalue weighted by molar-refractivity contribution is -0.137. The molecule has 0 radical (unpaired) electrons. The van der Waals surface area contributed by atoms with Crippen molar-refractivity contribution < 1.29 is 24.2 Å². The Bertz CT molecular complexity index is 743. The molecule has 8 heteroatoms. The van der Waals surface area contributed by atoms with E-state index in [1.165, 1.54) is 24.2 Å². The van der Waals surface area contributed by atoms with Crippen LogP contribution in [0, 0.1) is 0 Å². The second-order valence-electron chi connectivity index (χ2n) is 6.21. The van der Waals surface area contributed by atoms with E-state index in [0.717, 1.165) is 12.8 Å². The van der Waals surface area contributed by atoms with E-state index in [4.69, 9.17) is 4.74 Å². The van der Waals surface area contributed by atoms with Crippen molar-refractivity contribution in [1.82, 2.24) is 9.88 Å². The minimum absolute atomic E-state index is 0.0664. The number of carboxylic acids is 1. The number of rotatable bonds is 7. The number of aromatic nitrogens is 1. The van der Waals surface area contributed by atoms with Crippen molar-refractivity contribution in [1.29, 1.82) is 0 Å². The van der Waals surface area contributed by atoms with Gasteiger partial charge in [-0.05, 0) is 31.2 Å². The van der Waals surface area contributed by atoms with E-state index in [-0.39, 0.29) is 28.9 Å². The van der Waals surface area contributed by atoms with Crippen LogP contribution in [0.3, 0.4) is 0 Å². The zero-order valence-electron chi connectivity index (χ0n) is 14.4. The molecule has 0 aromatic carbocycles. The fourth-order valence-electron chi connectivity index (χ4n) is 3.36. The van der Waals surface area contributed by atoms with Crippen molar-refractivity contribution in [3.8, 4) is 0 Å². The first-order valence-corrected chi connectivity index (χ1v) is 9.66. The zero-order chi connectivity index (χ0) is 18.7. The number of pyridine rings is 1. The van der Waals surface area contributed by atoms with Crippen molar-refractivity contribution in [3.05, 3.63) is 41.2 Å². The number of aliphatic carboxylic acids is 1. The molecule has 0 bridgehead atoms. The van der Waals surface area contributed by atoms with Crippen LogP contribution in [0.15, 0.2) is 35.7 Å². The monoisotopic (exact) mass is 376 g/mol. The summed E-state index contributed by atoms with van der Waals surface area (Å²) in [7, 11) is 0. The maximum absolute atomic E-state index is 13.0. The van der Waals surface area contributed by atoms with E-state index in [1.807, 2.05) is 6.26 Å². The minimum Gasteiger partial charge on any atom is -0.481 e. The van der Waals surface area contributed by atoms with Gasteiger partial charge in [-0.15, -0.1) is 11.8 Å². The molecule has 1 N–H and O–H groups in total. The van der Waals surface area contributed by atoms with Crippen molar-refractivity contribution in [2.45, 2.75) is 30.7 Å². The van der Waals surface area contributed by atoms with E-state index in [2.05, 4.69) is 4.98 Å². The van der Waals surface area contributed by atoms with Crippen molar-refractivity contribution in [2.24, 2.45) is 0 Å². The Labute approximate surface area is 155 Å². The number of thioether (sulfide) groups is 1. The summed E-state index contributed by atoms with van der Waals surface area (Å²) in [5, 5.41) is 8.72. The predicted molar refractivity (Wildman–Crippen MR) is 95.8 cm³/mol. The highest BCUT2D eigenvalue weighted by atomic mass is 32.2. The molecule has 3 rings (SSSR count). The Morgan fingerprint density at radius 1 is 1.38 bits per heavy atom. The van der Waals surface area contributed by atoms with Gasteiger partial charge in [0.1, 0.15) is 5.37 Å². The molecule has 0 spiro atoms. The van der Waals surface area contributed by atoms with Gasteiger partial charge in [-0.2, -0.15) is 0 Å². The Balaban J connectivity index is 1.96. The van der Waals surface area contributed by atoms with E-state index in [0.29, 0.717) is 18.7 Å². The lowest BCUT2D eigenvalue weighted by atomic mass is 9.99. The summed E-state index contributed by atoms with van der Waals surface area (Å²) in [5.41, 5.74) is 0.717. The molecule has 1 aromatic heterocycles. The summed E-state index contributed by atoms with van der Waals surface area (Å²) < 4.78 is 5.62. The lowest BCUT2D eigenvalue weighted by Gasteiger charge is -2.27. The van der Waals surface area contributed by atoms with Crippen molar-refractivity contribution >= 4 is 29.4 Å². The molecule has 3 heterocycles. The molecule has 26 heavy (non-hydrogen) atoms. The fourth-order valence-corrected chi connectivity index (χ4v) is 4.28. The molecule has 2 atom stereocenters. The summed E-state index contributed by atoms with van der Waals surface area (Å²) in [6.07, 6.45) is 6.06. The molecule has 0 saturated carbocycles. The number of nitrogens with zero attached hydrogens (tertiary/aromatic N) is 2. The maximum atomic E-state index is 13.0. The number of Topliss-reactive ketones (excluding diaryl/α,β-unsaturated/α-hetero) is 1. The van der Waals surface area contributed by atoms with Crippen molar-refractivity contribution in [3.63, 3.8) is 0 Å². The Kier molecular flexibility index (Phi) is 5.73. The third kappa shape index (κ3) is 3.66. The zero-order valence-corrected chi connectivity index (χ0v) is 15.2. The quantitative estimate of drug-likeness (QED) is 0.724. The minimum atomic E-state index is -1.13. The van der Waals surface area contributed by atoms with Crippen LogP contribution in [0.4, 0.5) is 0 Å². The van der Waals surface area contributed by atoms with E-state index >= 15 is 0 Å². The molecular formula is C18H20N2O5S. The first-order chi connectivity index (χ1) is 12.5. The van der Waals surface area contributed by atoms with Crippen molar-refractivity contribution in [2.75, 3.05) is 19.4 Å². The first kappa shape index (κ1) is 18.6. The van der Waals surface area contributed by atoms with E-state index in [1.54, 1.807) is 17.0 Å². The average Bonchev–Trinajstić information content (AvgIpc) is 3.23. The van der Waals surface area contributed by atoms with Gasteiger partial charge in [-0.3, -0.25) is 19.4 Å². The second kappa shape index (κ2) is 8.01.